The van der Waals surface area contributed by atoms with Crippen LogP contribution in [0.2, 0.25) is 0 Å². The summed E-state index contributed by atoms with van der Waals surface area (Å²) in [4.78, 5) is 40.5. The summed E-state index contributed by atoms with van der Waals surface area (Å²) in [6.45, 7) is 6.02. The molecule has 1 saturated heterocycles. The molecule has 1 aromatic heterocycles. The first kappa shape index (κ1) is 23.3. The molecule has 3 amide bonds. The molecule has 3 aromatic rings. The summed E-state index contributed by atoms with van der Waals surface area (Å²) >= 11 is 0. The Balaban J connectivity index is 1.57. The first-order chi connectivity index (χ1) is 16.3. The van der Waals surface area contributed by atoms with Crippen molar-refractivity contribution in [3.05, 3.63) is 88.7 Å². The van der Waals surface area contributed by atoms with Crippen LogP contribution in [0.3, 0.4) is 0 Å². The summed E-state index contributed by atoms with van der Waals surface area (Å²) in [6.07, 6.45) is 0.361. The van der Waals surface area contributed by atoms with E-state index >= 15 is 0 Å². The Morgan fingerprint density at radius 2 is 1.71 bits per heavy atom. The zero-order valence-electron chi connectivity index (χ0n) is 19.9. The largest absolute Gasteiger partial charge is 0.497 e. The van der Waals surface area contributed by atoms with Gasteiger partial charge in [0.15, 0.2) is 5.78 Å². The van der Waals surface area contributed by atoms with Gasteiger partial charge in [0, 0.05) is 23.5 Å². The van der Waals surface area contributed by atoms with E-state index in [0.29, 0.717) is 29.8 Å². The van der Waals surface area contributed by atoms with Crippen molar-refractivity contribution < 1.29 is 19.1 Å². The lowest BCUT2D eigenvalue weighted by Crippen LogP contribution is -2.43. The Kier molecular flexibility index (Phi) is 6.28. The highest BCUT2D eigenvalue weighted by Crippen LogP contribution is 2.33. The van der Waals surface area contributed by atoms with E-state index in [2.05, 4.69) is 9.88 Å². The molecule has 2 heterocycles. The molecule has 0 aliphatic carbocycles. The number of benzene rings is 2. The fraction of sp³-hybridized carbons (Fsp3) is 0.296. The van der Waals surface area contributed by atoms with Crippen molar-refractivity contribution in [2.24, 2.45) is 0 Å². The highest BCUT2D eigenvalue weighted by Gasteiger charge is 2.51. The van der Waals surface area contributed by atoms with Crippen molar-refractivity contribution in [1.29, 1.82) is 0 Å². The molecule has 7 nitrogen and oxygen atoms in total. The third kappa shape index (κ3) is 3.98. The lowest BCUT2D eigenvalue weighted by Gasteiger charge is -2.26. The predicted molar refractivity (Wildman–Crippen MR) is 129 cm³/mol. The SMILES string of the molecule is CCC1(c2ccc(OC)cc2)NC(=O)N(CC(=O)c2cc(C)n(Cc3ccccc3)c2C)C1=O. The van der Waals surface area contributed by atoms with Gasteiger partial charge >= 0.3 is 6.03 Å². The van der Waals surface area contributed by atoms with Gasteiger partial charge < -0.3 is 14.6 Å². The summed E-state index contributed by atoms with van der Waals surface area (Å²) in [7, 11) is 1.57. The number of rotatable bonds is 8. The molecule has 0 bridgehead atoms. The van der Waals surface area contributed by atoms with E-state index in [1.165, 1.54) is 0 Å². The molecule has 2 aromatic carbocycles. The minimum absolute atomic E-state index is 0.266. The van der Waals surface area contributed by atoms with Gasteiger partial charge in [0.2, 0.25) is 0 Å². The maximum atomic E-state index is 13.4. The molecule has 0 radical (unpaired) electrons. The number of imide groups is 1. The van der Waals surface area contributed by atoms with Crippen molar-refractivity contribution in [1.82, 2.24) is 14.8 Å². The minimum Gasteiger partial charge on any atom is -0.497 e. The zero-order chi connectivity index (χ0) is 24.5. The van der Waals surface area contributed by atoms with Gasteiger partial charge in [-0.25, -0.2) is 4.79 Å². The van der Waals surface area contributed by atoms with E-state index in [-0.39, 0.29) is 12.3 Å². The first-order valence-corrected chi connectivity index (χ1v) is 11.3. The van der Waals surface area contributed by atoms with Gasteiger partial charge in [-0.1, -0.05) is 49.4 Å². The van der Waals surface area contributed by atoms with Crippen LogP contribution < -0.4 is 10.1 Å². The highest BCUT2D eigenvalue weighted by atomic mass is 16.5. The van der Waals surface area contributed by atoms with E-state index in [1.54, 1.807) is 31.4 Å². The van der Waals surface area contributed by atoms with Crippen LogP contribution in [0.15, 0.2) is 60.7 Å². The van der Waals surface area contributed by atoms with Crippen LogP contribution in [-0.2, 0) is 16.9 Å². The van der Waals surface area contributed by atoms with Crippen molar-refractivity contribution in [2.75, 3.05) is 13.7 Å². The molecule has 1 atom stereocenters. The Bertz CT molecular complexity index is 1230. The third-order valence-electron chi connectivity index (χ3n) is 6.65. The number of hydrogen-bond acceptors (Lipinski definition) is 4. The van der Waals surface area contributed by atoms with Crippen LogP contribution in [0.25, 0.3) is 0 Å². The van der Waals surface area contributed by atoms with Crippen molar-refractivity contribution in [3.63, 3.8) is 0 Å². The Hall–Kier alpha value is -3.87. The molecular formula is C27H29N3O4. The Morgan fingerprint density at radius 3 is 2.32 bits per heavy atom. The van der Waals surface area contributed by atoms with E-state index in [1.807, 2.05) is 57.2 Å². The fourth-order valence-electron chi connectivity index (χ4n) is 4.61. The number of aryl methyl sites for hydroxylation is 1. The summed E-state index contributed by atoms with van der Waals surface area (Å²) in [5.41, 5.74) is 2.87. The van der Waals surface area contributed by atoms with E-state index in [0.717, 1.165) is 21.9 Å². The van der Waals surface area contributed by atoms with Gasteiger partial charge in [-0.05, 0) is 49.6 Å². The van der Waals surface area contributed by atoms with Gasteiger partial charge in [0.25, 0.3) is 5.91 Å². The second-order valence-electron chi connectivity index (χ2n) is 8.59. The number of urea groups is 1. The lowest BCUT2D eigenvalue weighted by atomic mass is 9.87. The van der Waals surface area contributed by atoms with Gasteiger partial charge in [0.05, 0.1) is 13.7 Å². The van der Waals surface area contributed by atoms with Crippen LogP contribution in [0.1, 0.15) is 46.2 Å². The number of nitrogens with one attached hydrogen (secondary N) is 1. The van der Waals surface area contributed by atoms with E-state index in [4.69, 9.17) is 4.74 Å². The number of Topliss-reactive ketones (excluding diaryl/α,β-unsaturated/α-hetero) is 1. The highest BCUT2D eigenvalue weighted by molar-refractivity contribution is 6.11. The van der Waals surface area contributed by atoms with Gasteiger partial charge in [-0.15, -0.1) is 0 Å². The second-order valence-corrected chi connectivity index (χ2v) is 8.59. The predicted octanol–water partition coefficient (Wildman–Crippen LogP) is 4.20. The van der Waals surface area contributed by atoms with Crippen molar-refractivity contribution in [3.8, 4) is 5.75 Å². The Labute approximate surface area is 199 Å². The second kappa shape index (κ2) is 9.17. The summed E-state index contributed by atoms with van der Waals surface area (Å²) in [6, 6.07) is 18.3. The lowest BCUT2D eigenvalue weighted by molar-refractivity contribution is -0.131. The van der Waals surface area contributed by atoms with Gasteiger partial charge in [0.1, 0.15) is 11.3 Å². The van der Waals surface area contributed by atoms with Crippen LogP contribution >= 0.6 is 0 Å². The number of carbonyl (C=O) groups is 3. The molecule has 4 rings (SSSR count). The van der Waals surface area contributed by atoms with Crippen LogP contribution in [0.4, 0.5) is 4.79 Å². The number of hydrogen-bond donors (Lipinski definition) is 1. The smallest absolute Gasteiger partial charge is 0.325 e. The monoisotopic (exact) mass is 459 g/mol. The third-order valence-corrected chi connectivity index (χ3v) is 6.65. The molecule has 1 fully saturated rings. The van der Waals surface area contributed by atoms with E-state index in [9.17, 15) is 14.4 Å². The number of aromatic nitrogens is 1. The van der Waals surface area contributed by atoms with Gasteiger partial charge in [-0.3, -0.25) is 14.5 Å². The maximum absolute atomic E-state index is 13.4. The normalized spacial score (nSPS) is 17.7. The average molecular weight is 460 g/mol. The molecule has 176 valence electrons. The number of ketones is 1. The molecule has 1 unspecified atom stereocenters. The molecule has 0 spiro atoms. The van der Waals surface area contributed by atoms with Crippen LogP contribution in [-0.4, -0.2) is 40.8 Å². The zero-order valence-corrected chi connectivity index (χ0v) is 19.9. The van der Waals surface area contributed by atoms with Crippen LogP contribution in [0, 0.1) is 13.8 Å². The average Bonchev–Trinajstić information content (AvgIpc) is 3.27. The quantitative estimate of drug-likeness (QED) is 0.404. The molecule has 7 heteroatoms. The van der Waals surface area contributed by atoms with Crippen LogP contribution in [0.5, 0.6) is 5.75 Å². The molecule has 1 aliphatic rings. The van der Waals surface area contributed by atoms with Crippen molar-refractivity contribution in [2.45, 2.75) is 39.3 Å². The maximum Gasteiger partial charge on any atom is 0.325 e. The number of amides is 3. The molecule has 1 aliphatic heterocycles. The van der Waals surface area contributed by atoms with E-state index < -0.39 is 17.5 Å². The van der Waals surface area contributed by atoms with Crippen molar-refractivity contribution >= 4 is 17.7 Å². The minimum atomic E-state index is -1.20. The summed E-state index contributed by atoms with van der Waals surface area (Å²) in [5, 5.41) is 2.83. The molecule has 34 heavy (non-hydrogen) atoms. The fourth-order valence-corrected chi connectivity index (χ4v) is 4.61. The number of carbonyl (C=O) groups excluding carboxylic acids is 3. The standard InChI is InChI=1S/C27H29N3O4/c1-5-27(21-11-13-22(34-4)14-12-21)25(32)30(26(33)28-27)17-24(31)23-15-18(2)29(19(23)3)16-20-9-7-6-8-10-20/h6-15H,5,16-17H2,1-4H3,(H,28,33). The molecule has 0 saturated carbocycles. The number of methoxy groups -OCH3 is 1. The summed E-state index contributed by atoms with van der Waals surface area (Å²) in [5.74, 6) is -0.0289. The number of nitrogens with zero attached hydrogens (tertiary/aromatic N) is 2. The first-order valence-electron chi connectivity index (χ1n) is 11.3. The van der Waals surface area contributed by atoms with Gasteiger partial charge in [-0.2, -0.15) is 0 Å². The molecular weight excluding hydrogens is 430 g/mol. The summed E-state index contributed by atoms with van der Waals surface area (Å²) < 4.78 is 7.27. The topological polar surface area (TPSA) is 80.6 Å². The Morgan fingerprint density at radius 1 is 1.03 bits per heavy atom. The molecule has 1 N–H and O–H groups in total. The number of ether oxygens (including phenoxy) is 1.